The molecule has 0 amide bonds. The molecule has 0 heterocycles. The molecule has 0 unspecified atom stereocenters. The minimum Gasteiger partial charge on any atom is -0.398 e. The molecule has 0 aliphatic carbocycles. The molecule has 0 aliphatic heterocycles. The predicted molar refractivity (Wildman–Crippen MR) is 78.4 cm³/mol. The quantitative estimate of drug-likeness (QED) is 0.454. The molecule has 0 bridgehead atoms. The van der Waals surface area contributed by atoms with Crippen LogP contribution in [-0.2, 0) is 6.54 Å². The van der Waals surface area contributed by atoms with Crippen LogP contribution in [0.1, 0.15) is 22.3 Å². The van der Waals surface area contributed by atoms with Crippen LogP contribution in [0.4, 0.5) is 5.69 Å². The second kappa shape index (κ2) is 4.95. The molecule has 0 aliphatic rings. The number of nitrogen functional groups attached to an aromatic ring is 1. The summed E-state index contributed by atoms with van der Waals surface area (Å²) in [5.74, 6) is 3.27. The van der Waals surface area contributed by atoms with E-state index in [1.165, 1.54) is 0 Å². The number of nitrogens with two attached hydrogens (primary N) is 2. The molecule has 0 fully saturated rings. The van der Waals surface area contributed by atoms with Gasteiger partial charge in [-0.05, 0) is 36.6 Å². The SMILES string of the molecule is Cc1c(C#C[Si](C)(C)C)cc(CN)c(C)c1N. The van der Waals surface area contributed by atoms with Crippen molar-refractivity contribution in [3.63, 3.8) is 0 Å². The van der Waals surface area contributed by atoms with Gasteiger partial charge in [0.1, 0.15) is 8.07 Å². The van der Waals surface area contributed by atoms with Crippen LogP contribution in [0.25, 0.3) is 0 Å². The van der Waals surface area contributed by atoms with E-state index in [-0.39, 0.29) is 0 Å². The third-order valence-corrected chi connectivity index (χ3v) is 3.68. The molecule has 0 saturated carbocycles. The Kier molecular flexibility index (Phi) is 4.02. The Bertz CT molecular complexity index is 488. The molecule has 0 atom stereocenters. The number of anilines is 1. The summed E-state index contributed by atoms with van der Waals surface area (Å²) in [5.41, 5.74) is 20.3. The van der Waals surface area contributed by atoms with Gasteiger partial charge < -0.3 is 11.5 Å². The van der Waals surface area contributed by atoms with Gasteiger partial charge in [-0.1, -0.05) is 25.6 Å². The third kappa shape index (κ3) is 3.35. The smallest absolute Gasteiger partial charge is 0.129 e. The molecule has 1 aromatic carbocycles. The molecule has 17 heavy (non-hydrogen) atoms. The number of rotatable bonds is 1. The molecule has 92 valence electrons. The second-order valence-corrected chi connectivity index (χ2v) is 10.2. The first-order valence-corrected chi connectivity index (χ1v) is 9.38. The van der Waals surface area contributed by atoms with Crippen LogP contribution in [0.2, 0.25) is 19.6 Å². The van der Waals surface area contributed by atoms with Gasteiger partial charge in [-0.15, -0.1) is 5.54 Å². The molecule has 0 saturated heterocycles. The highest BCUT2D eigenvalue weighted by Gasteiger charge is 2.10. The summed E-state index contributed by atoms with van der Waals surface area (Å²) in [5, 5.41) is 0. The van der Waals surface area contributed by atoms with E-state index in [2.05, 4.69) is 37.2 Å². The van der Waals surface area contributed by atoms with E-state index < -0.39 is 8.07 Å². The standard InChI is InChI=1S/C14H22N2Si/c1-10-12(6-7-17(3,4)5)8-13(9-15)11(2)14(10)16/h8H,9,15-16H2,1-5H3. The van der Waals surface area contributed by atoms with Crippen molar-refractivity contribution >= 4 is 13.8 Å². The lowest BCUT2D eigenvalue weighted by atomic mass is 9.98. The lowest BCUT2D eigenvalue weighted by molar-refractivity contribution is 1.05. The van der Waals surface area contributed by atoms with Gasteiger partial charge in [0, 0.05) is 17.8 Å². The summed E-state index contributed by atoms with van der Waals surface area (Å²) >= 11 is 0. The predicted octanol–water partition coefficient (Wildman–Crippen LogP) is 2.57. The van der Waals surface area contributed by atoms with E-state index in [1.807, 2.05) is 13.8 Å². The summed E-state index contributed by atoms with van der Waals surface area (Å²) < 4.78 is 0. The average molecular weight is 246 g/mol. The average Bonchev–Trinajstić information content (AvgIpc) is 2.24. The van der Waals surface area contributed by atoms with Gasteiger partial charge in [-0.3, -0.25) is 0 Å². The molecular weight excluding hydrogens is 224 g/mol. The number of hydrogen-bond donors (Lipinski definition) is 2. The zero-order valence-corrected chi connectivity index (χ0v) is 12.4. The Morgan fingerprint density at radius 3 is 2.24 bits per heavy atom. The maximum atomic E-state index is 6.09. The first-order chi connectivity index (χ1) is 7.76. The fraction of sp³-hybridized carbons (Fsp3) is 0.429. The molecule has 1 aromatic rings. The van der Waals surface area contributed by atoms with Crippen LogP contribution in [0, 0.1) is 25.3 Å². The first kappa shape index (κ1) is 13.8. The lowest BCUT2D eigenvalue weighted by Crippen LogP contribution is -2.16. The van der Waals surface area contributed by atoms with E-state index in [0.29, 0.717) is 6.54 Å². The van der Waals surface area contributed by atoms with Crippen molar-refractivity contribution < 1.29 is 0 Å². The van der Waals surface area contributed by atoms with Gasteiger partial charge in [0.2, 0.25) is 0 Å². The van der Waals surface area contributed by atoms with Gasteiger partial charge in [0.15, 0.2) is 0 Å². The van der Waals surface area contributed by atoms with Gasteiger partial charge in [-0.25, -0.2) is 0 Å². The van der Waals surface area contributed by atoms with Crippen molar-refractivity contribution in [2.75, 3.05) is 5.73 Å². The normalized spacial score (nSPS) is 10.9. The maximum Gasteiger partial charge on any atom is 0.129 e. The van der Waals surface area contributed by atoms with E-state index in [4.69, 9.17) is 11.5 Å². The Hall–Kier alpha value is -1.24. The molecular formula is C14H22N2Si. The Morgan fingerprint density at radius 1 is 1.18 bits per heavy atom. The highest BCUT2D eigenvalue weighted by Crippen LogP contribution is 2.24. The van der Waals surface area contributed by atoms with Crippen molar-refractivity contribution in [3.05, 3.63) is 28.3 Å². The van der Waals surface area contributed by atoms with Crippen LogP contribution in [0.5, 0.6) is 0 Å². The zero-order chi connectivity index (χ0) is 13.2. The topological polar surface area (TPSA) is 52.0 Å². The molecule has 0 aromatic heterocycles. The van der Waals surface area contributed by atoms with E-state index in [9.17, 15) is 0 Å². The van der Waals surface area contributed by atoms with Crippen molar-refractivity contribution in [1.82, 2.24) is 0 Å². The van der Waals surface area contributed by atoms with Crippen molar-refractivity contribution in [3.8, 4) is 11.5 Å². The highest BCUT2D eigenvalue weighted by atomic mass is 28.3. The maximum absolute atomic E-state index is 6.09. The minimum atomic E-state index is -1.35. The molecule has 1 rings (SSSR count). The fourth-order valence-electron chi connectivity index (χ4n) is 1.59. The zero-order valence-electron chi connectivity index (χ0n) is 11.4. The molecule has 4 N–H and O–H groups in total. The molecule has 0 radical (unpaired) electrons. The van der Waals surface area contributed by atoms with Crippen LogP contribution < -0.4 is 11.5 Å². The van der Waals surface area contributed by atoms with Crippen LogP contribution in [0.15, 0.2) is 6.07 Å². The van der Waals surface area contributed by atoms with Gasteiger partial charge >= 0.3 is 0 Å². The molecule has 2 nitrogen and oxygen atoms in total. The Labute approximate surface area is 105 Å². The Balaban J connectivity index is 3.34. The fourth-order valence-corrected chi connectivity index (χ4v) is 2.10. The Morgan fingerprint density at radius 2 is 1.76 bits per heavy atom. The van der Waals surface area contributed by atoms with E-state index >= 15 is 0 Å². The van der Waals surface area contributed by atoms with Crippen molar-refractivity contribution in [2.45, 2.75) is 40.0 Å². The van der Waals surface area contributed by atoms with Crippen LogP contribution in [-0.4, -0.2) is 8.07 Å². The third-order valence-electron chi connectivity index (χ3n) is 2.80. The van der Waals surface area contributed by atoms with E-state index in [0.717, 1.165) is 27.9 Å². The summed E-state index contributed by atoms with van der Waals surface area (Å²) in [7, 11) is -1.35. The molecule has 3 heteroatoms. The van der Waals surface area contributed by atoms with Gasteiger partial charge in [-0.2, -0.15) is 0 Å². The summed E-state index contributed by atoms with van der Waals surface area (Å²) in [4.78, 5) is 0. The van der Waals surface area contributed by atoms with Gasteiger partial charge in [0.05, 0.1) is 0 Å². The first-order valence-electron chi connectivity index (χ1n) is 5.88. The van der Waals surface area contributed by atoms with E-state index in [1.54, 1.807) is 0 Å². The number of hydrogen-bond acceptors (Lipinski definition) is 2. The summed E-state index contributed by atoms with van der Waals surface area (Å²) in [6.07, 6.45) is 0. The monoisotopic (exact) mass is 246 g/mol. The minimum absolute atomic E-state index is 0.512. The van der Waals surface area contributed by atoms with Crippen LogP contribution in [0.3, 0.4) is 0 Å². The van der Waals surface area contributed by atoms with Crippen LogP contribution >= 0.6 is 0 Å². The number of benzene rings is 1. The van der Waals surface area contributed by atoms with Crippen molar-refractivity contribution in [1.29, 1.82) is 0 Å². The molecule has 0 spiro atoms. The van der Waals surface area contributed by atoms with Crippen molar-refractivity contribution in [2.24, 2.45) is 5.73 Å². The summed E-state index contributed by atoms with van der Waals surface area (Å²) in [6, 6.07) is 2.08. The second-order valence-electron chi connectivity index (χ2n) is 5.45. The van der Waals surface area contributed by atoms with Gasteiger partial charge in [0.25, 0.3) is 0 Å². The lowest BCUT2D eigenvalue weighted by Gasteiger charge is -2.12. The summed E-state index contributed by atoms with van der Waals surface area (Å²) in [6.45, 7) is 11.2. The largest absolute Gasteiger partial charge is 0.398 e. The highest BCUT2D eigenvalue weighted by molar-refractivity contribution is 6.83.